The van der Waals surface area contributed by atoms with E-state index in [0.717, 1.165) is 0 Å². The van der Waals surface area contributed by atoms with E-state index in [1.165, 1.54) is 6.21 Å². The van der Waals surface area contributed by atoms with Gasteiger partial charge in [0.15, 0.2) is 0 Å². The van der Waals surface area contributed by atoms with Crippen LogP contribution in [0.5, 0.6) is 0 Å². The monoisotopic (exact) mass is 116 g/mol. The summed E-state index contributed by atoms with van der Waals surface area (Å²) in [7, 11) is 1.81. The van der Waals surface area contributed by atoms with Crippen LogP contribution in [0, 0.1) is 0 Å². The molecular weight excluding hydrogens is 104 g/mol. The Kier molecular flexibility index (Phi) is 2.48. The second kappa shape index (κ2) is 2.67. The first-order valence-electron chi connectivity index (χ1n) is 2.50. The maximum absolute atomic E-state index is 8.06. The quantitative estimate of drug-likeness (QED) is 0.312. The zero-order chi connectivity index (χ0) is 6.62. The summed E-state index contributed by atoms with van der Waals surface area (Å²) >= 11 is 0. The molecule has 3 heteroatoms. The smallest absolute Gasteiger partial charge is 0.0631 e. The SMILES string of the molecule is CNC(C)(C)/C=N/O. The fourth-order valence-electron chi connectivity index (χ4n) is 0.209. The van der Waals surface area contributed by atoms with Gasteiger partial charge in [-0.25, -0.2) is 0 Å². The minimum atomic E-state index is -0.200. The van der Waals surface area contributed by atoms with Gasteiger partial charge in [0.2, 0.25) is 0 Å². The fraction of sp³-hybridized carbons (Fsp3) is 0.800. The van der Waals surface area contributed by atoms with E-state index in [1.807, 2.05) is 20.9 Å². The first-order chi connectivity index (χ1) is 3.62. The van der Waals surface area contributed by atoms with E-state index >= 15 is 0 Å². The highest BCUT2D eigenvalue weighted by Gasteiger charge is 2.09. The molecule has 0 amide bonds. The summed E-state index contributed by atoms with van der Waals surface area (Å²) in [6.07, 6.45) is 1.44. The van der Waals surface area contributed by atoms with Gasteiger partial charge in [-0.05, 0) is 20.9 Å². The van der Waals surface area contributed by atoms with Crippen molar-refractivity contribution in [2.75, 3.05) is 7.05 Å². The number of hydrogen-bond donors (Lipinski definition) is 2. The molecule has 0 saturated carbocycles. The normalized spacial score (nSPS) is 12.9. The first kappa shape index (κ1) is 7.43. The molecule has 0 radical (unpaired) electrons. The van der Waals surface area contributed by atoms with Crippen LogP contribution in [0.25, 0.3) is 0 Å². The van der Waals surface area contributed by atoms with Crippen molar-refractivity contribution < 1.29 is 5.21 Å². The van der Waals surface area contributed by atoms with Crippen LogP contribution >= 0.6 is 0 Å². The van der Waals surface area contributed by atoms with E-state index in [4.69, 9.17) is 5.21 Å². The molecule has 0 aliphatic heterocycles. The van der Waals surface area contributed by atoms with E-state index in [-0.39, 0.29) is 5.54 Å². The van der Waals surface area contributed by atoms with Crippen LogP contribution in [0.3, 0.4) is 0 Å². The summed E-state index contributed by atoms with van der Waals surface area (Å²) in [6.45, 7) is 3.82. The summed E-state index contributed by atoms with van der Waals surface area (Å²) in [4.78, 5) is 0. The van der Waals surface area contributed by atoms with Gasteiger partial charge in [0.05, 0.1) is 11.8 Å². The average Bonchev–Trinajstić information content (AvgIpc) is 1.67. The zero-order valence-corrected chi connectivity index (χ0v) is 5.47. The van der Waals surface area contributed by atoms with Crippen molar-refractivity contribution in [2.24, 2.45) is 5.16 Å². The molecule has 3 nitrogen and oxygen atoms in total. The lowest BCUT2D eigenvalue weighted by Gasteiger charge is -2.15. The number of hydrogen-bond acceptors (Lipinski definition) is 3. The Morgan fingerprint density at radius 3 is 2.25 bits per heavy atom. The second-order valence-electron chi connectivity index (χ2n) is 2.22. The summed E-state index contributed by atoms with van der Waals surface area (Å²) in [5.74, 6) is 0. The highest BCUT2D eigenvalue weighted by Crippen LogP contribution is 1.93. The number of rotatable bonds is 2. The number of nitrogens with zero attached hydrogens (tertiary/aromatic N) is 1. The highest BCUT2D eigenvalue weighted by atomic mass is 16.4. The van der Waals surface area contributed by atoms with Gasteiger partial charge in [0.25, 0.3) is 0 Å². The van der Waals surface area contributed by atoms with Crippen molar-refractivity contribution in [3.05, 3.63) is 0 Å². The topological polar surface area (TPSA) is 44.6 Å². The van der Waals surface area contributed by atoms with Crippen LogP contribution in [0.4, 0.5) is 0 Å². The molecule has 2 N–H and O–H groups in total. The van der Waals surface area contributed by atoms with Crippen LogP contribution < -0.4 is 5.32 Å². The molecule has 0 aromatic rings. The van der Waals surface area contributed by atoms with Crippen molar-refractivity contribution in [1.82, 2.24) is 5.32 Å². The van der Waals surface area contributed by atoms with Crippen LogP contribution in [-0.4, -0.2) is 24.0 Å². The van der Waals surface area contributed by atoms with Crippen molar-refractivity contribution >= 4 is 6.21 Å². The largest absolute Gasteiger partial charge is 0.411 e. The first-order valence-corrected chi connectivity index (χ1v) is 2.50. The molecule has 0 spiro atoms. The van der Waals surface area contributed by atoms with Gasteiger partial charge in [-0.1, -0.05) is 0 Å². The van der Waals surface area contributed by atoms with E-state index < -0.39 is 0 Å². The molecule has 0 bridgehead atoms. The number of oxime groups is 1. The lowest BCUT2D eigenvalue weighted by molar-refractivity contribution is 0.316. The predicted octanol–water partition coefficient (Wildman–Crippen LogP) is 0.444. The number of nitrogens with one attached hydrogen (secondary N) is 1. The van der Waals surface area contributed by atoms with E-state index in [1.54, 1.807) is 0 Å². The van der Waals surface area contributed by atoms with E-state index in [0.29, 0.717) is 0 Å². The molecule has 0 aromatic carbocycles. The molecule has 0 rings (SSSR count). The van der Waals surface area contributed by atoms with E-state index in [9.17, 15) is 0 Å². The summed E-state index contributed by atoms with van der Waals surface area (Å²) in [5, 5.41) is 13.9. The Hall–Kier alpha value is -0.570. The Bertz CT molecular complexity index is 88.4. The molecule has 0 saturated heterocycles. The van der Waals surface area contributed by atoms with Crippen LogP contribution in [0.2, 0.25) is 0 Å². The van der Waals surface area contributed by atoms with Crippen LogP contribution in [0.15, 0.2) is 5.16 Å². The van der Waals surface area contributed by atoms with Crippen molar-refractivity contribution in [3.63, 3.8) is 0 Å². The van der Waals surface area contributed by atoms with Gasteiger partial charge in [-0.3, -0.25) is 0 Å². The fourth-order valence-corrected chi connectivity index (χ4v) is 0.209. The average molecular weight is 116 g/mol. The molecule has 0 aromatic heterocycles. The van der Waals surface area contributed by atoms with Gasteiger partial charge in [0, 0.05) is 0 Å². The molecule has 0 aliphatic rings. The summed E-state index contributed by atoms with van der Waals surface area (Å²) < 4.78 is 0. The van der Waals surface area contributed by atoms with Crippen molar-refractivity contribution in [3.8, 4) is 0 Å². The Balaban J connectivity index is 3.71. The van der Waals surface area contributed by atoms with Crippen molar-refractivity contribution in [1.29, 1.82) is 0 Å². The Labute approximate surface area is 49.4 Å². The van der Waals surface area contributed by atoms with Crippen LogP contribution in [0.1, 0.15) is 13.8 Å². The third-order valence-corrected chi connectivity index (χ3v) is 1.02. The molecule has 8 heavy (non-hydrogen) atoms. The molecule has 0 fully saturated rings. The Morgan fingerprint density at radius 1 is 1.62 bits per heavy atom. The zero-order valence-electron chi connectivity index (χ0n) is 5.47. The van der Waals surface area contributed by atoms with Crippen LogP contribution in [-0.2, 0) is 0 Å². The standard InChI is InChI=1S/C5H12N2O/c1-5(2,6-3)4-7-8/h4,6,8H,1-3H3/b7-4+. The van der Waals surface area contributed by atoms with Gasteiger partial charge < -0.3 is 10.5 Å². The third-order valence-electron chi connectivity index (χ3n) is 1.02. The Morgan fingerprint density at radius 2 is 2.12 bits per heavy atom. The van der Waals surface area contributed by atoms with Gasteiger partial charge >= 0.3 is 0 Å². The highest BCUT2D eigenvalue weighted by molar-refractivity contribution is 5.67. The minimum Gasteiger partial charge on any atom is -0.411 e. The molecule has 0 aliphatic carbocycles. The molecule has 0 heterocycles. The molecule has 0 unspecified atom stereocenters. The molecule has 48 valence electrons. The summed E-state index contributed by atoms with van der Waals surface area (Å²) in [5.41, 5.74) is -0.200. The van der Waals surface area contributed by atoms with Gasteiger partial charge in [-0.2, -0.15) is 0 Å². The maximum atomic E-state index is 8.06. The van der Waals surface area contributed by atoms with Gasteiger partial charge in [0.1, 0.15) is 0 Å². The van der Waals surface area contributed by atoms with E-state index in [2.05, 4.69) is 10.5 Å². The molecule has 0 atom stereocenters. The minimum absolute atomic E-state index is 0.200. The molecular formula is C5H12N2O. The maximum Gasteiger partial charge on any atom is 0.0631 e. The lowest BCUT2D eigenvalue weighted by atomic mass is 10.1. The summed E-state index contributed by atoms with van der Waals surface area (Å²) in [6, 6.07) is 0. The third kappa shape index (κ3) is 2.58. The van der Waals surface area contributed by atoms with Crippen molar-refractivity contribution in [2.45, 2.75) is 19.4 Å². The van der Waals surface area contributed by atoms with Gasteiger partial charge in [-0.15, -0.1) is 5.16 Å². The predicted molar refractivity (Wildman–Crippen MR) is 33.4 cm³/mol. The lowest BCUT2D eigenvalue weighted by Crippen LogP contribution is -2.37. The second-order valence-corrected chi connectivity index (χ2v) is 2.22.